The van der Waals surface area contributed by atoms with Crippen molar-refractivity contribution in [2.45, 2.75) is 55.6 Å². The highest BCUT2D eigenvalue weighted by Crippen LogP contribution is 2.65. The van der Waals surface area contributed by atoms with Gasteiger partial charge < -0.3 is 24.7 Å². The Morgan fingerprint density at radius 3 is 2.30 bits per heavy atom. The molecule has 2 saturated heterocycles. The maximum Gasteiger partial charge on any atom is 0.251 e. The molecule has 0 bridgehead atoms. The van der Waals surface area contributed by atoms with Crippen LogP contribution in [0.25, 0.3) is 0 Å². The molecule has 9 heteroatoms. The fourth-order valence-corrected chi connectivity index (χ4v) is 9.28. The van der Waals surface area contributed by atoms with Gasteiger partial charge in [0, 0.05) is 62.5 Å². The third-order valence-corrected chi connectivity index (χ3v) is 10.9. The van der Waals surface area contributed by atoms with Gasteiger partial charge in [-0.25, -0.2) is 0 Å². The lowest BCUT2D eigenvalue weighted by Gasteiger charge is -2.37. The largest absolute Gasteiger partial charge is 0.396 e. The number of carbonyl (C=O) groups excluding carboxylic acids is 3. The number of likely N-dealkylation sites (tertiary alicyclic amines) is 1. The van der Waals surface area contributed by atoms with E-state index >= 15 is 0 Å². The number of nitrogens with zero attached hydrogens (tertiary/aromatic N) is 4. The average Bonchev–Trinajstić information content (AvgIpc) is 3.21. The molecule has 8 nitrogen and oxygen atoms in total. The molecule has 40 heavy (non-hydrogen) atoms. The normalized spacial score (nSPS) is 31.3. The highest BCUT2D eigenvalue weighted by atomic mass is 32.2. The van der Waals surface area contributed by atoms with Crippen LogP contribution in [-0.2, 0) is 14.4 Å². The lowest BCUT2D eigenvalue weighted by atomic mass is 9.74. The Morgan fingerprint density at radius 2 is 1.62 bits per heavy atom. The predicted molar refractivity (Wildman–Crippen MR) is 160 cm³/mol. The second kappa shape index (κ2) is 11.2. The number of aliphatic hydroxyl groups excluding tert-OH is 1. The topological polar surface area (TPSA) is 84.4 Å². The number of anilines is 2. The number of benzene rings is 1. The quantitative estimate of drug-likeness (QED) is 0.365. The Labute approximate surface area is 242 Å². The van der Waals surface area contributed by atoms with E-state index < -0.39 is 27.4 Å². The molecule has 1 N–H and O–H groups in total. The average molecular weight is 567 g/mol. The molecule has 5 rings (SSSR count). The maximum atomic E-state index is 14.6. The van der Waals surface area contributed by atoms with E-state index in [2.05, 4.69) is 43.0 Å². The number of aliphatic hydroxyl groups is 1. The molecule has 1 aromatic rings. The summed E-state index contributed by atoms with van der Waals surface area (Å²) in [6, 6.07) is 7.38. The Bertz CT molecular complexity index is 1200. The lowest BCUT2D eigenvalue weighted by Crippen LogP contribution is -2.53. The van der Waals surface area contributed by atoms with Crippen molar-refractivity contribution < 1.29 is 19.5 Å². The molecule has 4 aliphatic rings. The van der Waals surface area contributed by atoms with Gasteiger partial charge in [-0.15, -0.1) is 11.8 Å². The van der Waals surface area contributed by atoms with Crippen molar-refractivity contribution in [1.29, 1.82) is 0 Å². The summed E-state index contributed by atoms with van der Waals surface area (Å²) in [6.07, 6.45) is 10.3. The smallest absolute Gasteiger partial charge is 0.251 e. The van der Waals surface area contributed by atoms with Crippen LogP contribution in [0.2, 0.25) is 0 Å². The van der Waals surface area contributed by atoms with E-state index in [1.807, 2.05) is 31.2 Å². The molecule has 1 aromatic carbocycles. The standard InChI is InChI=1S/C31H42N4O4S/c1-5-33(6-2)22-12-14-23(15-13-22)34-20-11-17-31-25(24-27(37)32(4)18-10-16-30(24,3)40-31)28(38)35(26(31)29(34)39)19-8-7-9-21-36/h10-17,24-26,36H,5-9,18-21H2,1-4H3/t24-,25-,26?,30+,31-/m0/s1. The first-order valence-electron chi connectivity index (χ1n) is 14.6. The maximum absolute atomic E-state index is 14.6. The van der Waals surface area contributed by atoms with Gasteiger partial charge in [0.15, 0.2) is 0 Å². The SMILES string of the molecule is CCN(CC)c1ccc(N2CC=C[C@]34S[C@]5(C)C=CCN(C)C(=O)[C@@H]5[C@H]3C(=O)N(CCCCCO)C4C2=O)cc1. The fraction of sp³-hybridized carbons (Fsp3) is 0.581. The van der Waals surface area contributed by atoms with Crippen molar-refractivity contribution in [3.05, 3.63) is 48.6 Å². The minimum Gasteiger partial charge on any atom is -0.396 e. The zero-order valence-corrected chi connectivity index (χ0v) is 24.9. The second-order valence-electron chi connectivity index (χ2n) is 11.5. The summed E-state index contributed by atoms with van der Waals surface area (Å²) in [4.78, 5) is 50.1. The molecule has 2 fully saturated rings. The molecule has 0 radical (unpaired) electrons. The number of unbranched alkanes of at least 4 members (excludes halogenated alkanes) is 2. The van der Waals surface area contributed by atoms with E-state index in [1.54, 1.807) is 33.5 Å². The van der Waals surface area contributed by atoms with Gasteiger partial charge in [0.2, 0.25) is 11.8 Å². The minimum absolute atomic E-state index is 0.0370. The molecule has 5 atom stereocenters. The zero-order valence-electron chi connectivity index (χ0n) is 24.1. The summed E-state index contributed by atoms with van der Waals surface area (Å²) in [5.41, 5.74) is 1.91. The molecule has 216 valence electrons. The Balaban J connectivity index is 1.55. The highest BCUT2D eigenvalue weighted by Gasteiger charge is 2.73. The predicted octanol–water partition coefficient (Wildman–Crippen LogP) is 3.31. The van der Waals surface area contributed by atoms with Gasteiger partial charge in [-0.2, -0.15) is 0 Å². The van der Waals surface area contributed by atoms with Crippen LogP contribution in [0.3, 0.4) is 0 Å². The third kappa shape index (κ3) is 4.55. The molecule has 0 saturated carbocycles. The van der Waals surface area contributed by atoms with Crippen LogP contribution in [0.15, 0.2) is 48.6 Å². The van der Waals surface area contributed by atoms with E-state index in [0.29, 0.717) is 32.5 Å². The van der Waals surface area contributed by atoms with E-state index in [-0.39, 0.29) is 24.3 Å². The molecule has 1 spiro atoms. The van der Waals surface area contributed by atoms with E-state index in [9.17, 15) is 19.5 Å². The van der Waals surface area contributed by atoms with Crippen LogP contribution in [0.4, 0.5) is 11.4 Å². The Morgan fingerprint density at radius 1 is 0.925 bits per heavy atom. The summed E-state index contributed by atoms with van der Waals surface area (Å²) in [5, 5.41) is 9.29. The van der Waals surface area contributed by atoms with Crippen LogP contribution in [0.1, 0.15) is 40.0 Å². The number of hydrogen-bond acceptors (Lipinski definition) is 6. The van der Waals surface area contributed by atoms with Crippen molar-refractivity contribution in [2.24, 2.45) is 11.8 Å². The van der Waals surface area contributed by atoms with Gasteiger partial charge in [0.05, 0.1) is 16.6 Å². The number of hydrogen-bond donors (Lipinski definition) is 1. The molecule has 4 heterocycles. The highest BCUT2D eigenvalue weighted by molar-refractivity contribution is 8.02. The lowest BCUT2D eigenvalue weighted by molar-refractivity contribution is -0.143. The first-order chi connectivity index (χ1) is 19.2. The summed E-state index contributed by atoms with van der Waals surface area (Å²) < 4.78 is -1.42. The van der Waals surface area contributed by atoms with Crippen LogP contribution < -0.4 is 9.80 Å². The van der Waals surface area contributed by atoms with Crippen molar-refractivity contribution >= 4 is 40.9 Å². The molecule has 3 amide bonds. The van der Waals surface area contributed by atoms with Crippen molar-refractivity contribution in [3.8, 4) is 0 Å². The van der Waals surface area contributed by atoms with E-state index in [4.69, 9.17) is 0 Å². The van der Waals surface area contributed by atoms with Crippen molar-refractivity contribution in [1.82, 2.24) is 9.80 Å². The number of amides is 3. The number of rotatable bonds is 9. The van der Waals surface area contributed by atoms with Gasteiger partial charge in [-0.3, -0.25) is 14.4 Å². The van der Waals surface area contributed by atoms with Gasteiger partial charge in [0.25, 0.3) is 5.91 Å². The molecule has 0 aliphatic carbocycles. The van der Waals surface area contributed by atoms with Crippen LogP contribution in [0.5, 0.6) is 0 Å². The van der Waals surface area contributed by atoms with Crippen LogP contribution in [0, 0.1) is 11.8 Å². The van der Waals surface area contributed by atoms with E-state index in [1.165, 1.54) is 0 Å². The first-order valence-corrected chi connectivity index (χ1v) is 15.4. The number of likely N-dealkylation sites (N-methyl/N-ethyl adjacent to an activating group) is 1. The Hall–Kier alpha value is -2.78. The molecule has 0 aromatic heterocycles. The van der Waals surface area contributed by atoms with Crippen LogP contribution in [-0.4, -0.2) is 94.5 Å². The second-order valence-corrected chi connectivity index (χ2v) is 13.3. The molecular weight excluding hydrogens is 524 g/mol. The molecule has 4 aliphatic heterocycles. The zero-order chi connectivity index (χ0) is 28.7. The molecule has 1 unspecified atom stereocenters. The first kappa shape index (κ1) is 28.7. The van der Waals surface area contributed by atoms with Gasteiger partial charge in [-0.05, 0) is 64.3 Å². The van der Waals surface area contributed by atoms with Gasteiger partial charge >= 0.3 is 0 Å². The fourth-order valence-electron chi connectivity index (χ4n) is 7.12. The van der Waals surface area contributed by atoms with Gasteiger partial charge in [0.1, 0.15) is 6.04 Å². The summed E-state index contributed by atoms with van der Waals surface area (Å²) in [5.74, 6) is -1.41. The third-order valence-electron chi connectivity index (χ3n) is 9.11. The minimum atomic E-state index is -0.835. The summed E-state index contributed by atoms with van der Waals surface area (Å²) in [7, 11) is 1.79. The number of fused-ring (bicyclic) bond motifs is 2. The van der Waals surface area contributed by atoms with Crippen LogP contribution >= 0.6 is 11.8 Å². The number of thioether (sulfide) groups is 1. The van der Waals surface area contributed by atoms with E-state index in [0.717, 1.165) is 30.9 Å². The van der Waals surface area contributed by atoms with Crippen molar-refractivity contribution in [3.63, 3.8) is 0 Å². The summed E-state index contributed by atoms with van der Waals surface area (Å²) in [6.45, 7) is 9.56. The Kier molecular flexibility index (Phi) is 8.08. The monoisotopic (exact) mass is 566 g/mol. The van der Waals surface area contributed by atoms with Gasteiger partial charge in [-0.1, -0.05) is 24.3 Å². The number of carbonyl (C=O) groups is 3. The summed E-state index contributed by atoms with van der Waals surface area (Å²) >= 11 is 1.62. The van der Waals surface area contributed by atoms with Crippen molar-refractivity contribution in [2.75, 3.05) is 56.2 Å². The molecular formula is C31H42N4O4S.